The van der Waals surface area contributed by atoms with Crippen LogP contribution in [0.2, 0.25) is 0 Å². The van der Waals surface area contributed by atoms with Gasteiger partial charge in [0.2, 0.25) is 5.91 Å². The molecule has 1 amide bonds. The zero-order valence-corrected chi connectivity index (χ0v) is 8.61. The molecular formula is C10H18N4O. The first-order valence-corrected chi connectivity index (χ1v) is 4.31. The number of carbonyl (C=O) groups is 1. The second-order valence-corrected chi connectivity index (χ2v) is 3.33. The predicted molar refractivity (Wildman–Crippen MR) is 60.7 cm³/mol. The van der Waals surface area contributed by atoms with E-state index in [0.29, 0.717) is 12.4 Å². The van der Waals surface area contributed by atoms with Crippen molar-refractivity contribution in [2.45, 2.75) is 14.4 Å². The fourth-order valence-corrected chi connectivity index (χ4v) is 0.927. The van der Waals surface area contributed by atoms with E-state index < -0.39 is 0 Å². The highest BCUT2D eigenvalue weighted by Crippen LogP contribution is 1.99. The van der Waals surface area contributed by atoms with E-state index >= 15 is 0 Å². The smallest absolute Gasteiger partial charge is 0.239 e. The second-order valence-electron chi connectivity index (χ2n) is 3.33. The molecule has 0 unspecified atom stereocenters. The van der Waals surface area contributed by atoms with Crippen molar-refractivity contribution < 1.29 is 4.79 Å². The van der Waals surface area contributed by atoms with Crippen molar-refractivity contribution in [1.29, 1.82) is 0 Å². The molecule has 1 heterocycles. The molecule has 0 fully saturated rings. The summed E-state index contributed by atoms with van der Waals surface area (Å²) >= 11 is 0. The van der Waals surface area contributed by atoms with Crippen LogP contribution < -0.4 is 5.32 Å². The van der Waals surface area contributed by atoms with Crippen molar-refractivity contribution in [3.05, 3.63) is 18.1 Å². The Kier molecular flexibility index (Phi) is 5.48. The Morgan fingerprint density at radius 3 is 2.53 bits per heavy atom. The van der Waals surface area contributed by atoms with Crippen molar-refractivity contribution >= 4 is 11.7 Å². The van der Waals surface area contributed by atoms with Gasteiger partial charge in [-0.2, -0.15) is 0 Å². The molecule has 84 valence electrons. The van der Waals surface area contributed by atoms with Crippen LogP contribution in [-0.2, 0) is 4.79 Å². The van der Waals surface area contributed by atoms with Gasteiger partial charge in [-0.15, -0.1) is 0 Å². The molecule has 0 spiro atoms. The van der Waals surface area contributed by atoms with Crippen LogP contribution in [0.5, 0.6) is 0 Å². The van der Waals surface area contributed by atoms with E-state index in [4.69, 9.17) is 0 Å². The molecule has 0 saturated carbocycles. The average molecular weight is 210 g/mol. The number of aromatic nitrogens is 2. The van der Waals surface area contributed by atoms with Crippen molar-refractivity contribution in [3.8, 4) is 0 Å². The third-order valence-electron chi connectivity index (χ3n) is 1.51. The minimum atomic E-state index is -0.0897. The number of likely N-dealkylation sites (N-methyl/N-ethyl adjacent to an activating group) is 1. The number of nitrogens with one attached hydrogen (secondary N) is 1. The van der Waals surface area contributed by atoms with E-state index in [9.17, 15) is 4.79 Å². The van der Waals surface area contributed by atoms with Crippen LogP contribution in [0.4, 0.5) is 5.82 Å². The van der Waals surface area contributed by atoms with E-state index in [1.54, 1.807) is 17.3 Å². The van der Waals surface area contributed by atoms with Crippen LogP contribution in [-0.4, -0.2) is 41.4 Å². The first-order chi connectivity index (χ1) is 6.58. The Hall–Kier alpha value is -1.49. The lowest BCUT2D eigenvalue weighted by atomic mass is 10.5. The van der Waals surface area contributed by atoms with Crippen LogP contribution in [0.3, 0.4) is 0 Å². The van der Waals surface area contributed by atoms with E-state index in [-0.39, 0.29) is 13.3 Å². The van der Waals surface area contributed by atoms with Gasteiger partial charge in [-0.3, -0.25) is 9.78 Å². The van der Waals surface area contributed by atoms with E-state index in [0.717, 1.165) is 5.69 Å². The van der Waals surface area contributed by atoms with Crippen molar-refractivity contribution in [2.75, 3.05) is 26.0 Å². The Morgan fingerprint density at radius 2 is 2.07 bits per heavy atom. The van der Waals surface area contributed by atoms with Gasteiger partial charge < -0.3 is 10.2 Å². The SMILES string of the molecule is C.Cc1cnc(NC(=O)CN(C)C)cn1. The standard InChI is InChI=1S/C9H14N4O.CH4/c1-7-4-11-8(5-10-7)12-9(14)6-13(2)3;/h4-5H,6H2,1-3H3,(H,11,12,14);1H4. The van der Waals surface area contributed by atoms with E-state index in [1.807, 2.05) is 21.0 Å². The number of hydrogen-bond donors (Lipinski definition) is 1. The number of amides is 1. The third kappa shape index (κ3) is 5.07. The summed E-state index contributed by atoms with van der Waals surface area (Å²) in [5.41, 5.74) is 0.829. The Morgan fingerprint density at radius 1 is 1.40 bits per heavy atom. The molecule has 1 N–H and O–H groups in total. The fraction of sp³-hybridized carbons (Fsp3) is 0.500. The van der Waals surface area contributed by atoms with Crippen LogP contribution in [0.25, 0.3) is 0 Å². The third-order valence-corrected chi connectivity index (χ3v) is 1.51. The van der Waals surface area contributed by atoms with Crippen molar-refractivity contribution in [3.63, 3.8) is 0 Å². The summed E-state index contributed by atoms with van der Waals surface area (Å²) in [5, 5.41) is 2.65. The number of aryl methyl sites for hydroxylation is 1. The van der Waals surface area contributed by atoms with Gasteiger partial charge in [0.15, 0.2) is 5.82 Å². The predicted octanol–water partition coefficient (Wildman–Crippen LogP) is 0.921. The highest BCUT2D eigenvalue weighted by Gasteiger charge is 2.03. The number of nitrogens with zero attached hydrogens (tertiary/aromatic N) is 3. The summed E-state index contributed by atoms with van der Waals surface area (Å²) in [6, 6.07) is 0. The summed E-state index contributed by atoms with van der Waals surface area (Å²) in [4.78, 5) is 21.1. The second kappa shape index (κ2) is 6.08. The molecule has 0 aliphatic rings. The summed E-state index contributed by atoms with van der Waals surface area (Å²) < 4.78 is 0. The van der Waals surface area contributed by atoms with Gasteiger partial charge in [-0.1, -0.05) is 7.43 Å². The molecule has 0 atom stereocenters. The topological polar surface area (TPSA) is 58.1 Å². The van der Waals surface area contributed by atoms with Crippen LogP contribution >= 0.6 is 0 Å². The van der Waals surface area contributed by atoms with Gasteiger partial charge in [0.25, 0.3) is 0 Å². The molecular weight excluding hydrogens is 192 g/mol. The van der Waals surface area contributed by atoms with Crippen molar-refractivity contribution in [1.82, 2.24) is 14.9 Å². The number of rotatable bonds is 3. The molecule has 0 bridgehead atoms. The van der Waals surface area contributed by atoms with Gasteiger partial charge in [0.05, 0.1) is 24.6 Å². The Labute approximate surface area is 90.5 Å². The summed E-state index contributed by atoms with van der Waals surface area (Å²) in [6.45, 7) is 2.19. The first-order valence-electron chi connectivity index (χ1n) is 4.31. The minimum Gasteiger partial charge on any atom is -0.308 e. The Bertz CT molecular complexity index is 308. The molecule has 0 saturated heterocycles. The first kappa shape index (κ1) is 13.5. The van der Waals surface area contributed by atoms with Crippen molar-refractivity contribution in [2.24, 2.45) is 0 Å². The fourth-order valence-electron chi connectivity index (χ4n) is 0.927. The van der Waals surface area contributed by atoms with Crippen LogP contribution in [0, 0.1) is 6.92 Å². The van der Waals surface area contributed by atoms with Gasteiger partial charge in [-0.25, -0.2) is 4.98 Å². The van der Waals surface area contributed by atoms with E-state index in [1.165, 1.54) is 0 Å². The number of hydrogen-bond acceptors (Lipinski definition) is 4. The van der Waals surface area contributed by atoms with Gasteiger partial charge in [-0.05, 0) is 21.0 Å². The maximum Gasteiger partial charge on any atom is 0.239 e. The maximum absolute atomic E-state index is 11.3. The lowest BCUT2D eigenvalue weighted by Crippen LogP contribution is -2.27. The average Bonchev–Trinajstić information content (AvgIpc) is 2.07. The monoisotopic (exact) mass is 210 g/mol. The largest absolute Gasteiger partial charge is 0.308 e. The number of anilines is 1. The van der Waals surface area contributed by atoms with Crippen LogP contribution in [0.15, 0.2) is 12.4 Å². The normalized spacial score (nSPS) is 9.60. The lowest BCUT2D eigenvalue weighted by molar-refractivity contribution is -0.116. The summed E-state index contributed by atoms with van der Waals surface area (Å²) in [5.74, 6) is 0.399. The highest BCUT2D eigenvalue weighted by molar-refractivity contribution is 5.91. The Balaban J connectivity index is 0.00000196. The molecule has 0 aliphatic heterocycles. The molecule has 1 rings (SSSR count). The quantitative estimate of drug-likeness (QED) is 0.806. The molecule has 0 aromatic carbocycles. The van der Waals surface area contributed by atoms with Gasteiger partial charge in [0.1, 0.15) is 0 Å². The molecule has 0 aliphatic carbocycles. The summed E-state index contributed by atoms with van der Waals surface area (Å²) in [7, 11) is 3.67. The molecule has 1 aromatic rings. The van der Waals surface area contributed by atoms with Gasteiger partial charge >= 0.3 is 0 Å². The molecule has 1 aromatic heterocycles. The van der Waals surface area contributed by atoms with Crippen LogP contribution in [0.1, 0.15) is 13.1 Å². The summed E-state index contributed by atoms with van der Waals surface area (Å²) in [6.07, 6.45) is 3.16. The maximum atomic E-state index is 11.3. The zero-order valence-electron chi connectivity index (χ0n) is 8.61. The minimum absolute atomic E-state index is 0. The molecule has 5 heteroatoms. The highest BCUT2D eigenvalue weighted by atomic mass is 16.2. The van der Waals surface area contributed by atoms with Gasteiger partial charge in [0, 0.05) is 0 Å². The lowest BCUT2D eigenvalue weighted by Gasteiger charge is -2.08. The molecule has 0 radical (unpaired) electrons. The molecule has 5 nitrogen and oxygen atoms in total. The molecule has 15 heavy (non-hydrogen) atoms. The number of carbonyl (C=O) groups excluding carboxylic acids is 1. The van der Waals surface area contributed by atoms with E-state index in [2.05, 4.69) is 15.3 Å². The zero-order chi connectivity index (χ0) is 10.6.